The number of aryl methyl sites for hydroxylation is 1. The maximum Gasteiger partial charge on any atom is 0.433 e. The second-order valence-electron chi connectivity index (χ2n) is 4.16. The molecule has 1 N–H and O–H groups in total. The summed E-state index contributed by atoms with van der Waals surface area (Å²) < 4.78 is 43.0. The van der Waals surface area contributed by atoms with Gasteiger partial charge in [0.05, 0.1) is 6.61 Å². The second-order valence-corrected chi connectivity index (χ2v) is 4.16. The van der Waals surface area contributed by atoms with Crippen LogP contribution in [0.3, 0.4) is 0 Å². The fraction of sp³-hybridized carbons (Fsp3) is 0.308. The Morgan fingerprint density at radius 2 is 2.00 bits per heavy atom. The predicted octanol–water partition coefficient (Wildman–Crippen LogP) is 3.34. The van der Waals surface area contributed by atoms with E-state index in [-0.39, 0.29) is 5.95 Å². The third-order valence-corrected chi connectivity index (χ3v) is 2.42. The quantitative estimate of drug-likeness (QED) is 0.938. The molecule has 5 nitrogen and oxygen atoms in total. The van der Waals surface area contributed by atoms with Crippen LogP contribution in [0.4, 0.5) is 24.8 Å². The highest BCUT2D eigenvalue weighted by Gasteiger charge is 2.32. The van der Waals surface area contributed by atoms with Crippen LogP contribution in [-0.4, -0.2) is 21.6 Å². The number of hydrogen-bond acceptors (Lipinski definition) is 5. The summed E-state index contributed by atoms with van der Waals surface area (Å²) in [5.74, 6) is 0.241. The van der Waals surface area contributed by atoms with E-state index in [1.165, 1.54) is 0 Å². The summed E-state index contributed by atoms with van der Waals surface area (Å²) >= 11 is 0. The smallest absolute Gasteiger partial charge is 0.433 e. The van der Waals surface area contributed by atoms with Crippen LogP contribution in [0.1, 0.15) is 18.3 Å². The maximum absolute atomic E-state index is 12.6. The van der Waals surface area contributed by atoms with Crippen LogP contribution in [0.25, 0.3) is 0 Å². The zero-order chi connectivity index (χ0) is 15.5. The van der Waals surface area contributed by atoms with E-state index in [2.05, 4.69) is 20.3 Å². The summed E-state index contributed by atoms with van der Waals surface area (Å²) in [6.07, 6.45) is -3.46. The van der Waals surface area contributed by atoms with Crippen LogP contribution in [0.5, 0.6) is 5.88 Å². The molecule has 0 bridgehead atoms. The number of anilines is 2. The van der Waals surface area contributed by atoms with Crippen molar-refractivity contribution >= 4 is 11.6 Å². The Bertz CT molecular complexity index is 631. The minimum absolute atomic E-state index is 0.141. The van der Waals surface area contributed by atoms with E-state index in [0.29, 0.717) is 23.9 Å². The molecule has 0 unspecified atom stereocenters. The average Bonchev–Trinajstić information content (AvgIpc) is 2.37. The molecule has 0 atom stereocenters. The first-order valence-electron chi connectivity index (χ1n) is 6.17. The Labute approximate surface area is 119 Å². The van der Waals surface area contributed by atoms with E-state index in [1.54, 1.807) is 19.1 Å². The molecular formula is C13H13F3N4O. The summed E-state index contributed by atoms with van der Waals surface area (Å²) in [7, 11) is 0. The van der Waals surface area contributed by atoms with Crippen molar-refractivity contribution in [3.8, 4) is 5.88 Å². The van der Waals surface area contributed by atoms with Crippen molar-refractivity contribution in [3.63, 3.8) is 0 Å². The van der Waals surface area contributed by atoms with Crippen molar-refractivity contribution in [3.05, 3.63) is 35.8 Å². The molecule has 2 aromatic heterocycles. The molecule has 2 aromatic rings. The molecule has 0 radical (unpaired) electrons. The first kappa shape index (κ1) is 15.0. The average molecular weight is 298 g/mol. The van der Waals surface area contributed by atoms with Gasteiger partial charge in [0.2, 0.25) is 11.8 Å². The minimum atomic E-state index is -4.51. The van der Waals surface area contributed by atoms with Gasteiger partial charge in [0.1, 0.15) is 5.69 Å². The van der Waals surface area contributed by atoms with Crippen molar-refractivity contribution in [1.29, 1.82) is 0 Å². The Balaban J connectivity index is 2.26. The summed E-state index contributed by atoms with van der Waals surface area (Å²) in [5.41, 5.74) is 0.163. The van der Waals surface area contributed by atoms with Gasteiger partial charge in [-0.2, -0.15) is 13.2 Å². The molecule has 0 saturated heterocycles. The normalized spacial score (nSPS) is 11.3. The molecular weight excluding hydrogens is 285 g/mol. The molecule has 8 heteroatoms. The monoisotopic (exact) mass is 298 g/mol. The highest BCUT2D eigenvalue weighted by Crippen LogP contribution is 2.28. The van der Waals surface area contributed by atoms with Crippen molar-refractivity contribution in [2.45, 2.75) is 20.0 Å². The molecule has 0 amide bonds. The topological polar surface area (TPSA) is 59.9 Å². The molecule has 2 rings (SSSR count). The molecule has 0 aromatic carbocycles. The van der Waals surface area contributed by atoms with Crippen molar-refractivity contribution in [1.82, 2.24) is 15.0 Å². The first-order chi connectivity index (χ1) is 9.88. The van der Waals surface area contributed by atoms with Gasteiger partial charge in [-0.25, -0.2) is 15.0 Å². The van der Waals surface area contributed by atoms with Gasteiger partial charge in [0, 0.05) is 23.6 Å². The number of aromatic nitrogens is 3. The highest BCUT2D eigenvalue weighted by atomic mass is 19.4. The van der Waals surface area contributed by atoms with Gasteiger partial charge >= 0.3 is 6.18 Å². The standard InChI is InChI=1S/C13H13F3N4O/c1-3-21-11-7-9(6-8(2)18-11)19-12-17-5-4-10(20-12)13(14,15)16/h4-7H,3H2,1-2H3,(H,17,18,19,20). The lowest BCUT2D eigenvalue weighted by atomic mass is 10.3. The lowest BCUT2D eigenvalue weighted by Crippen LogP contribution is -2.10. The summed E-state index contributed by atoms with van der Waals surface area (Å²) in [6.45, 7) is 4.00. The maximum atomic E-state index is 12.6. The van der Waals surface area contributed by atoms with Gasteiger partial charge in [0.15, 0.2) is 0 Å². The molecule has 0 fully saturated rings. The van der Waals surface area contributed by atoms with Gasteiger partial charge in [0.25, 0.3) is 0 Å². The van der Waals surface area contributed by atoms with Crippen LogP contribution < -0.4 is 10.1 Å². The number of ether oxygens (including phenoxy) is 1. The van der Waals surface area contributed by atoms with Gasteiger partial charge in [-0.15, -0.1) is 0 Å². The van der Waals surface area contributed by atoms with Crippen LogP contribution in [0.15, 0.2) is 24.4 Å². The lowest BCUT2D eigenvalue weighted by Gasteiger charge is -2.10. The molecule has 112 valence electrons. The number of nitrogens with zero attached hydrogens (tertiary/aromatic N) is 3. The first-order valence-corrected chi connectivity index (χ1v) is 6.17. The number of halogens is 3. The van der Waals surface area contributed by atoms with Crippen LogP contribution in [-0.2, 0) is 6.18 Å². The van der Waals surface area contributed by atoms with E-state index in [0.717, 1.165) is 12.3 Å². The van der Waals surface area contributed by atoms with Gasteiger partial charge < -0.3 is 10.1 Å². The third-order valence-electron chi connectivity index (χ3n) is 2.42. The van der Waals surface area contributed by atoms with Gasteiger partial charge in [-0.05, 0) is 26.0 Å². The number of nitrogens with one attached hydrogen (secondary N) is 1. The van der Waals surface area contributed by atoms with E-state index in [4.69, 9.17) is 4.74 Å². The fourth-order valence-corrected chi connectivity index (χ4v) is 1.64. The largest absolute Gasteiger partial charge is 0.478 e. The van der Waals surface area contributed by atoms with E-state index in [9.17, 15) is 13.2 Å². The Morgan fingerprint density at radius 3 is 2.67 bits per heavy atom. The number of pyridine rings is 1. The van der Waals surface area contributed by atoms with Crippen LogP contribution >= 0.6 is 0 Å². The summed E-state index contributed by atoms with van der Waals surface area (Å²) in [4.78, 5) is 11.3. The Hall–Kier alpha value is -2.38. The molecule has 0 aliphatic carbocycles. The van der Waals surface area contributed by atoms with Gasteiger partial charge in [-0.3, -0.25) is 0 Å². The predicted molar refractivity (Wildman–Crippen MR) is 70.5 cm³/mol. The Morgan fingerprint density at radius 1 is 1.24 bits per heavy atom. The van der Waals surface area contributed by atoms with Gasteiger partial charge in [-0.1, -0.05) is 0 Å². The third kappa shape index (κ3) is 4.04. The molecule has 2 heterocycles. The Kier molecular flexibility index (Phi) is 4.25. The SMILES string of the molecule is CCOc1cc(Nc2nccc(C(F)(F)F)n2)cc(C)n1. The minimum Gasteiger partial charge on any atom is -0.478 e. The highest BCUT2D eigenvalue weighted by molar-refractivity contribution is 5.55. The van der Waals surface area contributed by atoms with Crippen molar-refractivity contribution < 1.29 is 17.9 Å². The van der Waals surface area contributed by atoms with E-state index in [1.807, 2.05) is 6.92 Å². The molecule has 0 saturated carbocycles. The summed E-state index contributed by atoms with van der Waals surface area (Å²) in [6, 6.07) is 4.04. The van der Waals surface area contributed by atoms with Crippen molar-refractivity contribution in [2.75, 3.05) is 11.9 Å². The van der Waals surface area contributed by atoms with E-state index >= 15 is 0 Å². The zero-order valence-electron chi connectivity index (χ0n) is 11.4. The lowest BCUT2D eigenvalue weighted by molar-refractivity contribution is -0.141. The molecule has 21 heavy (non-hydrogen) atoms. The van der Waals surface area contributed by atoms with Crippen LogP contribution in [0.2, 0.25) is 0 Å². The summed E-state index contributed by atoms with van der Waals surface area (Å²) in [5, 5.41) is 2.71. The number of alkyl halides is 3. The fourth-order valence-electron chi connectivity index (χ4n) is 1.64. The molecule has 0 spiro atoms. The molecule has 0 aliphatic heterocycles. The zero-order valence-corrected chi connectivity index (χ0v) is 11.4. The second kappa shape index (κ2) is 5.94. The van der Waals surface area contributed by atoms with Crippen molar-refractivity contribution in [2.24, 2.45) is 0 Å². The number of rotatable bonds is 4. The van der Waals surface area contributed by atoms with E-state index < -0.39 is 11.9 Å². The number of hydrogen-bond donors (Lipinski definition) is 1. The van der Waals surface area contributed by atoms with Crippen LogP contribution in [0, 0.1) is 6.92 Å². The molecule has 0 aliphatic rings.